The average Bonchev–Trinajstić information content (AvgIpc) is 2.27. The minimum absolute atomic E-state index is 0.0294. The Hall–Kier alpha value is -0.890. The van der Waals surface area contributed by atoms with Crippen molar-refractivity contribution in [3.05, 3.63) is 23.8 Å². The van der Waals surface area contributed by atoms with Gasteiger partial charge in [0, 0.05) is 0 Å². The van der Waals surface area contributed by atoms with Crippen molar-refractivity contribution in [1.29, 1.82) is 0 Å². The molecule has 0 spiro atoms. The molecule has 0 aromatic carbocycles. The molecule has 0 fully saturated rings. The van der Waals surface area contributed by atoms with Gasteiger partial charge in [-0.3, -0.25) is 4.99 Å². The fourth-order valence-electron chi connectivity index (χ4n) is 1.37. The summed E-state index contributed by atoms with van der Waals surface area (Å²) < 4.78 is 5.50. The van der Waals surface area contributed by atoms with Crippen LogP contribution in [0.2, 0.25) is 0 Å². The largest absolute Gasteiger partial charge is 0.343 e. The number of fused-ring (bicyclic) bond motifs is 1. The molecule has 0 amide bonds. The quantitative estimate of drug-likeness (QED) is 0.513. The number of rotatable bonds is 0. The van der Waals surface area contributed by atoms with Crippen molar-refractivity contribution in [3.63, 3.8) is 0 Å². The molecule has 2 nitrogen and oxygen atoms in total. The van der Waals surface area contributed by atoms with Gasteiger partial charge in [-0.25, -0.2) is 0 Å². The Labute approximate surface area is 66.3 Å². The van der Waals surface area contributed by atoms with Crippen LogP contribution in [-0.2, 0) is 4.74 Å². The third kappa shape index (κ3) is 1.14. The Kier molecular flexibility index (Phi) is 1.43. The molecule has 0 saturated carbocycles. The number of hydrogen-bond acceptors (Lipinski definition) is 2. The molecule has 1 heterocycles. The molecule has 1 aliphatic carbocycles. The Bertz CT molecular complexity index is 263. The minimum atomic E-state index is 0.0294. The number of ether oxygens (including phenoxy) is 1. The maximum atomic E-state index is 5.50. The first kappa shape index (κ1) is 6.80. The second-order valence-corrected chi connectivity index (χ2v) is 2.95. The Morgan fingerprint density at radius 2 is 2.27 bits per heavy atom. The van der Waals surface area contributed by atoms with Crippen LogP contribution in [-0.4, -0.2) is 18.0 Å². The van der Waals surface area contributed by atoms with Crippen molar-refractivity contribution in [1.82, 2.24) is 0 Å². The van der Waals surface area contributed by atoms with E-state index in [2.05, 4.69) is 24.1 Å². The monoisotopic (exact) mass is 149 g/mol. The van der Waals surface area contributed by atoms with Gasteiger partial charge >= 0.3 is 0 Å². The number of hydrogen-bond donors (Lipinski definition) is 0. The highest BCUT2D eigenvalue weighted by molar-refractivity contribution is 6.02. The van der Waals surface area contributed by atoms with Gasteiger partial charge in [0.05, 0.1) is 5.71 Å². The second-order valence-electron chi connectivity index (χ2n) is 2.95. The van der Waals surface area contributed by atoms with Crippen molar-refractivity contribution in [2.24, 2.45) is 4.99 Å². The standard InChI is InChI=1S/C9H11NO/c1-6-3-4-8-9(5-6)11-7(2)10-8/h3-5,7,9H,1-2H3. The number of aliphatic imine (C=N–C) groups is 1. The molecule has 0 aromatic rings. The molecule has 0 aromatic heterocycles. The Morgan fingerprint density at radius 1 is 1.45 bits per heavy atom. The van der Waals surface area contributed by atoms with Crippen molar-refractivity contribution in [3.8, 4) is 0 Å². The summed E-state index contributed by atoms with van der Waals surface area (Å²) in [5.74, 6) is 0. The summed E-state index contributed by atoms with van der Waals surface area (Å²) in [5.41, 5.74) is 2.31. The molecule has 2 rings (SSSR count). The zero-order valence-electron chi connectivity index (χ0n) is 6.74. The van der Waals surface area contributed by atoms with E-state index in [1.165, 1.54) is 5.57 Å². The van der Waals surface area contributed by atoms with Crippen LogP contribution in [0.15, 0.2) is 28.8 Å². The van der Waals surface area contributed by atoms with E-state index in [1.54, 1.807) is 0 Å². The minimum Gasteiger partial charge on any atom is -0.343 e. The SMILES string of the molecule is CC1=CC2OC(C)N=C2C=C1. The fraction of sp³-hybridized carbons (Fsp3) is 0.444. The summed E-state index contributed by atoms with van der Waals surface area (Å²) in [4.78, 5) is 4.31. The molecule has 2 aliphatic rings. The molecule has 2 atom stereocenters. The highest BCUT2D eigenvalue weighted by Crippen LogP contribution is 2.19. The van der Waals surface area contributed by atoms with Crippen LogP contribution in [0, 0.1) is 0 Å². The highest BCUT2D eigenvalue weighted by atomic mass is 16.5. The molecule has 58 valence electrons. The van der Waals surface area contributed by atoms with Crippen LogP contribution >= 0.6 is 0 Å². The van der Waals surface area contributed by atoms with E-state index in [1.807, 2.05) is 13.0 Å². The van der Waals surface area contributed by atoms with Gasteiger partial charge < -0.3 is 4.74 Å². The van der Waals surface area contributed by atoms with E-state index in [0.717, 1.165) is 5.71 Å². The predicted molar refractivity (Wildman–Crippen MR) is 44.7 cm³/mol. The maximum absolute atomic E-state index is 5.50. The summed E-state index contributed by atoms with van der Waals surface area (Å²) in [6, 6.07) is 0. The predicted octanol–water partition coefficient (Wildman–Crippen LogP) is 1.69. The Morgan fingerprint density at radius 3 is 3.09 bits per heavy atom. The average molecular weight is 149 g/mol. The third-order valence-electron chi connectivity index (χ3n) is 1.90. The van der Waals surface area contributed by atoms with E-state index in [4.69, 9.17) is 4.74 Å². The lowest BCUT2D eigenvalue weighted by Crippen LogP contribution is -2.17. The normalized spacial score (nSPS) is 34.7. The van der Waals surface area contributed by atoms with Gasteiger partial charge in [-0.2, -0.15) is 0 Å². The third-order valence-corrected chi connectivity index (χ3v) is 1.90. The van der Waals surface area contributed by atoms with Crippen molar-refractivity contribution in [2.45, 2.75) is 26.2 Å². The topological polar surface area (TPSA) is 21.6 Å². The van der Waals surface area contributed by atoms with E-state index < -0.39 is 0 Å². The van der Waals surface area contributed by atoms with Gasteiger partial charge in [0.15, 0.2) is 0 Å². The summed E-state index contributed by atoms with van der Waals surface area (Å²) in [6.07, 6.45) is 6.35. The van der Waals surface area contributed by atoms with Crippen LogP contribution in [0.1, 0.15) is 13.8 Å². The fourth-order valence-corrected chi connectivity index (χ4v) is 1.37. The van der Waals surface area contributed by atoms with E-state index in [-0.39, 0.29) is 12.3 Å². The van der Waals surface area contributed by atoms with Crippen molar-refractivity contribution < 1.29 is 4.74 Å². The van der Waals surface area contributed by atoms with Crippen LogP contribution in [0.4, 0.5) is 0 Å². The van der Waals surface area contributed by atoms with Crippen molar-refractivity contribution in [2.75, 3.05) is 0 Å². The van der Waals surface area contributed by atoms with E-state index in [0.29, 0.717) is 0 Å². The molecule has 1 aliphatic heterocycles. The lowest BCUT2D eigenvalue weighted by Gasteiger charge is -2.10. The van der Waals surface area contributed by atoms with Crippen LogP contribution in [0.25, 0.3) is 0 Å². The molecule has 2 heteroatoms. The summed E-state index contributed by atoms with van der Waals surface area (Å²) in [6.45, 7) is 4.03. The van der Waals surface area contributed by atoms with Gasteiger partial charge in [-0.1, -0.05) is 11.6 Å². The van der Waals surface area contributed by atoms with Crippen LogP contribution in [0.3, 0.4) is 0 Å². The van der Waals surface area contributed by atoms with Gasteiger partial charge in [0.2, 0.25) is 0 Å². The van der Waals surface area contributed by atoms with Gasteiger partial charge in [-0.15, -0.1) is 0 Å². The first-order chi connectivity index (χ1) is 5.25. The summed E-state index contributed by atoms with van der Waals surface area (Å²) in [7, 11) is 0. The molecule has 0 bridgehead atoms. The lowest BCUT2D eigenvalue weighted by atomic mass is 10.0. The summed E-state index contributed by atoms with van der Waals surface area (Å²) >= 11 is 0. The molecule has 2 unspecified atom stereocenters. The zero-order chi connectivity index (χ0) is 7.84. The van der Waals surface area contributed by atoms with Crippen LogP contribution < -0.4 is 0 Å². The van der Waals surface area contributed by atoms with Gasteiger partial charge in [-0.05, 0) is 26.0 Å². The Balaban J connectivity index is 2.29. The van der Waals surface area contributed by atoms with Crippen LogP contribution in [0.5, 0.6) is 0 Å². The molecule has 0 saturated heterocycles. The zero-order valence-corrected chi connectivity index (χ0v) is 6.74. The molecular weight excluding hydrogens is 138 g/mol. The van der Waals surface area contributed by atoms with Crippen molar-refractivity contribution >= 4 is 5.71 Å². The maximum Gasteiger partial charge on any atom is 0.147 e. The summed E-state index contributed by atoms with van der Waals surface area (Å²) in [5, 5.41) is 0. The van der Waals surface area contributed by atoms with Gasteiger partial charge in [0.25, 0.3) is 0 Å². The first-order valence-electron chi connectivity index (χ1n) is 3.85. The lowest BCUT2D eigenvalue weighted by molar-refractivity contribution is 0.0863. The molecule has 0 radical (unpaired) electrons. The van der Waals surface area contributed by atoms with E-state index >= 15 is 0 Å². The smallest absolute Gasteiger partial charge is 0.147 e. The van der Waals surface area contributed by atoms with Gasteiger partial charge in [0.1, 0.15) is 12.3 Å². The highest BCUT2D eigenvalue weighted by Gasteiger charge is 2.23. The van der Waals surface area contributed by atoms with E-state index in [9.17, 15) is 0 Å². The number of nitrogens with zero attached hydrogens (tertiary/aromatic N) is 1. The second kappa shape index (κ2) is 2.31. The molecular formula is C9H11NO. The molecule has 11 heavy (non-hydrogen) atoms. The molecule has 0 N–H and O–H groups in total. The number of allylic oxidation sites excluding steroid dienone is 2. The first-order valence-corrected chi connectivity index (χ1v) is 3.85.